The van der Waals surface area contributed by atoms with Gasteiger partial charge < -0.3 is 14.2 Å². The lowest BCUT2D eigenvalue weighted by atomic mass is 10.3. The first-order valence-corrected chi connectivity index (χ1v) is 5.66. The Morgan fingerprint density at radius 3 is 2.83 bits per heavy atom. The molecule has 0 amide bonds. The molecule has 0 aliphatic rings. The fourth-order valence-corrected chi connectivity index (χ4v) is 1.82. The Hall–Kier alpha value is -2.49. The molecule has 0 aliphatic carbocycles. The summed E-state index contributed by atoms with van der Waals surface area (Å²) in [6, 6.07) is 12.7. The third-order valence-corrected chi connectivity index (χ3v) is 2.73. The third-order valence-electron chi connectivity index (χ3n) is 2.73. The third kappa shape index (κ3) is 1.88. The fourth-order valence-electron chi connectivity index (χ4n) is 1.82. The second-order valence-corrected chi connectivity index (χ2v) is 3.93. The number of aromatic nitrogens is 2. The molecule has 0 saturated carbocycles. The van der Waals surface area contributed by atoms with Crippen molar-refractivity contribution in [1.29, 1.82) is 0 Å². The first kappa shape index (κ1) is 10.7. The van der Waals surface area contributed by atoms with Gasteiger partial charge in [0.2, 0.25) is 0 Å². The van der Waals surface area contributed by atoms with Crippen LogP contribution in [0.1, 0.15) is 5.69 Å². The lowest BCUT2D eigenvalue weighted by Crippen LogP contribution is -1.99. The highest BCUT2D eigenvalue weighted by molar-refractivity contribution is 5.40. The highest BCUT2D eigenvalue weighted by atomic mass is 16.5. The number of benzene rings is 1. The van der Waals surface area contributed by atoms with Crippen LogP contribution in [0.4, 0.5) is 0 Å². The van der Waals surface area contributed by atoms with Gasteiger partial charge in [-0.3, -0.25) is 0 Å². The van der Waals surface area contributed by atoms with Crippen LogP contribution in [0.2, 0.25) is 0 Å². The number of ether oxygens (including phenoxy) is 1. The SMILES string of the molecule is Oc1ccccc1OCc1cnc2ccccn12. The molecule has 0 unspecified atom stereocenters. The van der Waals surface area contributed by atoms with Gasteiger partial charge in [0.05, 0.1) is 11.9 Å². The Balaban J connectivity index is 1.83. The van der Waals surface area contributed by atoms with Crippen LogP contribution in [-0.2, 0) is 6.61 Å². The zero-order valence-corrected chi connectivity index (χ0v) is 9.65. The minimum atomic E-state index is 0.145. The van der Waals surface area contributed by atoms with E-state index in [-0.39, 0.29) is 5.75 Å². The number of pyridine rings is 1. The Bertz CT molecular complexity index is 676. The lowest BCUT2D eigenvalue weighted by molar-refractivity contribution is 0.284. The van der Waals surface area contributed by atoms with Crippen molar-refractivity contribution >= 4 is 5.65 Å². The second-order valence-electron chi connectivity index (χ2n) is 3.93. The summed E-state index contributed by atoms with van der Waals surface area (Å²) in [6.45, 7) is 0.364. The number of phenolic OH excluding ortho intramolecular Hbond substituents is 1. The number of rotatable bonds is 3. The molecule has 0 aliphatic heterocycles. The van der Waals surface area contributed by atoms with E-state index in [1.807, 2.05) is 34.9 Å². The van der Waals surface area contributed by atoms with E-state index in [4.69, 9.17) is 4.74 Å². The highest BCUT2D eigenvalue weighted by Crippen LogP contribution is 2.25. The van der Waals surface area contributed by atoms with Crippen LogP contribution in [0.25, 0.3) is 5.65 Å². The first-order valence-electron chi connectivity index (χ1n) is 5.66. The van der Waals surface area contributed by atoms with Gasteiger partial charge >= 0.3 is 0 Å². The second kappa shape index (κ2) is 4.41. The molecule has 2 aromatic heterocycles. The van der Waals surface area contributed by atoms with Gasteiger partial charge in [-0.1, -0.05) is 18.2 Å². The quantitative estimate of drug-likeness (QED) is 0.765. The van der Waals surface area contributed by atoms with Crippen molar-refractivity contribution in [3.05, 3.63) is 60.6 Å². The van der Waals surface area contributed by atoms with Gasteiger partial charge in [0.15, 0.2) is 11.5 Å². The van der Waals surface area contributed by atoms with E-state index in [0.29, 0.717) is 12.4 Å². The Morgan fingerprint density at radius 1 is 1.11 bits per heavy atom. The van der Waals surface area contributed by atoms with Gasteiger partial charge in [-0.25, -0.2) is 4.98 Å². The summed E-state index contributed by atoms with van der Waals surface area (Å²) in [5.74, 6) is 0.620. The predicted octanol–water partition coefficient (Wildman–Crippen LogP) is 2.62. The zero-order valence-electron chi connectivity index (χ0n) is 9.65. The molecule has 4 nitrogen and oxygen atoms in total. The average molecular weight is 240 g/mol. The molecule has 0 bridgehead atoms. The summed E-state index contributed by atoms with van der Waals surface area (Å²) < 4.78 is 7.54. The standard InChI is InChI=1S/C14H12N2O2/c17-12-5-1-2-6-13(12)18-10-11-9-15-14-7-3-4-8-16(11)14/h1-9,17H,10H2. The summed E-state index contributed by atoms with van der Waals surface area (Å²) in [6.07, 6.45) is 3.71. The lowest BCUT2D eigenvalue weighted by Gasteiger charge is -2.07. The molecule has 3 aromatic rings. The normalized spacial score (nSPS) is 10.7. The van der Waals surface area contributed by atoms with Crippen molar-refractivity contribution < 1.29 is 9.84 Å². The number of aromatic hydroxyl groups is 1. The topological polar surface area (TPSA) is 46.8 Å². The van der Waals surface area contributed by atoms with Gasteiger partial charge in [-0.2, -0.15) is 0 Å². The molecule has 1 N–H and O–H groups in total. The molecule has 0 atom stereocenters. The molecular weight excluding hydrogens is 228 g/mol. The van der Waals surface area contributed by atoms with Gasteiger partial charge in [-0.05, 0) is 24.3 Å². The minimum Gasteiger partial charge on any atom is -0.504 e. The van der Waals surface area contributed by atoms with Crippen molar-refractivity contribution in [2.24, 2.45) is 0 Å². The van der Waals surface area contributed by atoms with E-state index < -0.39 is 0 Å². The van der Waals surface area contributed by atoms with Crippen LogP contribution in [-0.4, -0.2) is 14.5 Å². The molecule has 0 spiro atoms. The van der Waals surface area contributed by atoms with Crippen molar-refractivity contribution in [1.82, 2.24) is 9.38 Å². The van der Waals surface area contributed by atoms with Crippen molar-refractivity contribution in [3.63, 3.8) is 0 Å². The van der Waals surface area contributed by atoms with Gasteiger partial charge in [-0.15, -0.1) is 0 Å². The highest BCUT2D eigenvalue weighted by Gasteiger charge is 2.05. The number of para-hydroxylation sites is 2. The molecule has 18 heavy (non-hydrogen) atoms. The van der Waals surface area contributed by atoms with Gasteiger partial charge in [0.1, 0.15) is 12.3 Å². The Labute approximate surface area is 104 Å². The summed E-state index contributed by atoms with van der Waals surface area (Å²) in [5.41, 5.74) is 1.82. The van der Waals surface area contributed by atoms with Crippen LogP contribution in [0, 0.1) is 0 Å². The number of fused-ring (bicyclic) bond motifs is 1. The summed E-state index contributed by atoms with van der Waals surface area (Å²) in [5, 5.41) is 9.60. The Morgan fingerprint density at radius 2 is 1.94 bits per heavy atom. The molecule has 4 heteroatoms. The predicted molar refractivity (Wildman–Crippen MR) is 67.6 cm³/mol. The van der Waals surface area contributed by atoms with Crippen LogP contribution in [0.15, 0.2) is 54.9 Å². The van der Waals surface area contributed by atoms with E-state index in [1.54, 1.807) is 24.4 Å². The molecule has 2 heterocycles. The van der Waals surface area contributed by atoms with E-state index in [9.17, 15) is 5.11 Å². The largest absolute Gasteiger partial charge is 0.504 e. The van der Waals surface area contributed by atoms with Crippen LogP contribution in [0.3, 0.4) is 0 Å². The number of hydrogen-bond donors (Lipinski definition) is 1. The van der Waals surface area contributed by atoms with E-state index in [1.165, 1.54) is 0 Å². The Kier molecular flexibility index (Phi) is 2.61. The summed E-state index contributed by atoms with van der Waals surface area (Å²) in [4.78, 5) is 4.27. The van der Waals surface area contributed by atoms with E-state index in [2.05, 4.69) is 4.98 Å². The number of hydrogen-bond acceptors (Lipinski definition) is 3. The number of imidazole rings is 1. The molecular formula is C14H12N2O2. The van der Waals surface area contributed by atoms with Gasteiger partial charge in [0.25, 0.3) is 0 Å². The van der Waals surface area contributed by atoms with Crippen molar-refractivity contribution in [2.75, 3.05) is 0 Å². The first-order chi connectivity index (χ1) is 8.84. The monoisotopic (exact) mass is 240 g/mol. The average Bonchev–Trinajstić information content (AvgIpc) is 2.81. The molecule has 90 valence electrons. The van der Waals surface area contributed by atoms with E-state index >= 15 is 0 Å². The molecule has 0 saturated heterocycles. The van der Waals surface area contributed by atoms with Crippen LogP contribution in [0.5, 0.6) is 11.5 Å². The van der Waals surface area contributed by atoms with Crippen molar-refractivity contribution in [3.8, 4) is 11.5 Å². The van der Waals surface area contributed by atoms with Crippen LogP contribution < -0.4 is 4.74 Å². The van der Waals surface area contributed by atoms with E-state index in [0.717, 1.165) is 11.3 Å². The summed E-state index contributed by atoms with van der Waals surface area (Å²) >= 11 is 0. The molecule has 3 rings (SSSR count). The maximum Gasteiger partial charge on any atom is 0.161 e. The maximum atomic E-state index is 9.60. The maximum absolute atomic E-state index is 9.60. The number of phenols is 1. The van der Waals surface area contributed by atoms with Crippen LogP contribution >= 0.6 is 0 Å². The fraction of sp³-hybridized carbons (Fsp3) is 0.0714. The zero-order chi connectivity index (χ0) is 12.4. The minimum absolute atomic E-state index is 0.145. The number of nitrogens with zero attached hydrogens (tertiary/aromatic N) is 2. The van der Waals surface area contributed by atoms with Gasteiger partial charge in [0, 0.05) is 6.20 Å². The summed E-state index contributed by atoms with van der Waals surface area (Å²) in [7, 11) is 0. The van der Waals surface area contributed by atoms with Crippen molar-refractivity contribution in [2.45, 2.75) is 6.61 Å². The molecule has 0 fully saturated rings. The smallest absolute Gasteiger partial charge is 0.161 e. The molecule has 1 aromatic carbocycles. The molecule has 0 radical (unpaired) electrons.